The molecule has 4 heteroatoms. The Labute approximate surface area is 110 Å². The molecule has 0 aromatic rings. The van der Waals surface area contributed by atoms with Crippen LogP contribution in [0.4, 0.5) is 0 Å². The minimum atomic E-state index is 0.780. The van der Waals surface area contributed by atoms with Crippen LogP contribution in [0.5, 0.6) is 0 Å². The molecule has 2 fully saturated rings. The molecule has 2 heterocycles. The van der Waals surface area contributed by atoms with E-state index in [1.165, 1.54) is 57.9 Å². The summed E-state index contributed by atoms with van der Waals surface area (Å²) in [5.74, 6) is 1.32. The molecule has 0 aliphatic carbocycles. The Balaban J connectivity index is 1.49. The van der Waals surface area contributed by atoms with E-state index in [-0.39, 0.29) is 0 Å². The predicted octanol–water partition coefficient (Wildman–Crippen LogP) is 1.11. The van der Waals surface area contributed by atoms with Gasteiger partial charge >= 0.3 is 0 Å². The summed E-state index contributed by atoms with van der Waals surface area (Å²) in [6.45, 7) is 9.81. The number of hydrogen-bond acceptors (Lipinski definition) is 4. The van der Waals surface area contributed by atoms with Crippen molar-refractivity contribution in [2.24, 2.45) is 0 Å². The van der Waals surface area contributed by atoms with E-state index in [1.54, 1.807) is 0 Å². The lowest BCUT2D eigenvalue weighted by Gasteiger charge is -2.32. The van der Waals surface area contributed by atoms with Gasteiger partial charge in [-0.2, -0.15) is 11.8 Å². The van der Waals surface area contributed by atoms with Crippen molar-refractivity contribution in [3.8, 4) is 0 Å². The molecule has 0 spiro atoms. The van der Waals surface area contributed by atoms with Crippen LogP contribution in [0, 0.1) is 0 Å². The number of thioether (sulfide) groups is 1. The van der Waals surface area contributed by atoms with Crippen LogP contribution in [0.3, 0.4) is 0 Å². The highest BCUT2D eigenvalue weighted by molar-refractivity contribution is 8.00. The molecule has 2 atom stereocenters. The van der Waals surface area contributed by atoms with Gasteiger partial charge in [0.1, 0.15) is 0 Å². The zero-order valence-electron chi connectivity index (χ0n) is 11.3. The second kappa shape index (κ2) is 6.98. The van der Waals surface area contributed by atoms with Crippen LogP contribution in [0.25, 0.3) is 0 Å². The molecule has 2 rings (SSSR count). The lowest BCUT2D eigenvalue weighted by Crippen LogP contribution is -2.45. The largest absolute Gasteiger partial charge is 0.313 e. The van der Waals surface area contributed by atoms with Crippen LogP contribution >= 0.6 is 11.8 Å². The molecule has 0 aromatic carbocycles. The number of piperazine rings is 1. The number of nitrogens with one attached hydrogen (secondary N) is 1. The summed E-state index contributed by atoms with van der Waals surface area (Å²) < 4.78 is 0. The first-order valence-electron chi connectivity index (χ1n) is 7.00. The maximum Gasteiger partial charge on any atom is 0.0168 e. The first-order valence-corrected chi connectivity index (χ1v) is 8.05. The molecular weight excluding hydrogens is 230 g/mol. The van der Waals surface area contributed by atoms with Gasteiger partial charge in [0.2, 0.25) is 0 Å². The van der Waals surface area contributed by atoms with Crippen molar-refractivity contribution < 1.29 is 0 Å². The van der Waals surface area contributed by atoms with Gasteiger partial charge in [-0.25, -0.2) is 0 Å². The Kier molecular flexibility index (Phi) is 5.60. The molecule has 17 heavy (non-hydrogen) atoms. The lowest BCUT2D eigenvalue weighted by atomic mass is 10.2. The highest BCUT2D eigenvalue weighted by atomic mass is 32.2. The second-order valence-corrected chi connectivity index (χ2v) is 7.00. The normalized spacial score (nSPS) is 32.1. The minimum Gasteiger partial charge on any atom is -0.313 e. The molecule has 0 saturated carbocycles. The van der Waals surface area contributed by atoms with E-state index in [4.69, 9.17) is 0 Å². The topological polar surface area (TPSA) is 18.5 Å². The van der Waals surface area contributed by atoms with E-state index in [0.29, 0.717) is 0 Å². The summed E-state index contributed by atoms with van der Waals surface area (Å²) in [5, 5.41) is 4.57. The van der Waals surface area contributed by atoms with Crippen LogP contribution in [0.2, 0.25) is 0 Å². The van der Waals surface area contributed by atoms with Crippen LogP contribution in [0.1, 0.15) is 19.8 Å². The first-order chi connectivity index (χ1) is 8.24. The average molecular weight is 257 g/mol. The molecule has 0 radical (unpaired) electrons. The Bertz CT molecular complexity index is 217. The molecule has 3 nitrogen and oxygen atoms in total. The van der Waals surface area contributed by atoms with Gasteiger partial charge in [-0.1, -0.05) is 6.92 Å². The zero-order chi connectivity index (χ0) is 12.1. The Morgan fingerprint density at radius 1 is 1.24 bits per heavy atom. The average Bonchev–Trinajstić information content (AvgIpc) is 2.73. The summed E-state index contributed by atoms with van der Waals surface area (Å²) in [7, 11) is 2.22. The van der Waals surface area contributed by atoms with Crippen molar-refractivity contribution in [1.82, 2.24) is 15.1 Å². The maximum atomic E-state index is 3.70. The molecule has 2 aliphatic rings. The number of hydrogen-bond donors (Lipinski definition) is 1. The first kappa shape index (κ1) is 13.7. The van der Waals surface area contributed by atoms with E-state index in [0.717, 1.165) is 11.3 Å². The van der Waals surface area contributed by atoms with E-state index >= 15 is 0 Å². The SMILES string of the molecule is CC1CC(NCCCN2CCN(C)CC2)CS1. The molecule has 2 unspecified atom stereocenters. The predicted molar refractivity (Wildman–Crippen MR) is 76.9 cm³/mol. The molecule has 2 aliphatic heterocycles. The van der Waals surface area contributed by atoms with Gasteiger partial charge < -0.3 is 15.1 Å². The molecular formula is C13H27N3S. The van der Waals surface area contributed by atoms with Crippen molar-refractivity contribution in [3.05, 3.63) is 0 Å². The van der Waals surface area contributed by atoms with E-state index < -0.39 is 0 Å². The highest BCUT2D eigenvalue weighted by Gasteiger charge is 2.20. The molecule has 1 N–H and O–H groups in total. The van der Waals surface area contributed by atoms with E-state index in [1.807, 2.05) is 0 Å². The smallest absolute Gasteiger partial charge is 0.0168 e. The molecule has 100 valence electrons. The summed E-state index contributed by atoms with van der Waals surface area (Å²) in [6.07, 6.45) is 2.67. The monoisotopic (exact) mass is 257 g/mol. The van der Waals surface area contributed by atoms with E-state index in [2.05, 4.69) is 40.8 Å². The Morgan fingerprint density at radius 3 is 2.65 bits per heavy atom. The van der Waals surface area contributed by atoms with Crippen LogP contribution in [-0.4, -0.2) is 73.2 Å². The minimum absolute atomic E-state index is 0.780. The lowest BCUT2D eigenvalue weighted by molar-refractivity contribution is 0.152. The molecule has 2 saturated heterocycles. The Hall–Kier alpha value is 0.230. The van der Waals surface area contributed by atoms with Crippen molar-refractivity contribution >= 4 is 11.8 Å². The van der Waals surface area contributed by atoms with Crippen LogP contribution in [0.15, 0.2) is 0 Å². The standard InChI is InChI=1S/C13H27N3S/c1-12-10-13(11-17-12)14-4-3-5-16-8-6-15(2)7-9-16/h12-14H,3-11H2,1-2H3. The van der Waals surface area contributed by atoms with Gasteiger partial charge in [-0.15, -0.1) is 0 Å². The van der Waals surface area contributed by atoms with Crippen molar-refractivity contribution in [2.75, 3.05) is 52.1 Å². The number of nitrogens with zero attached hydrogens (tertiary/aromatic N) is 2. The summed E-state index contributed by atoms with van der Waals surface area (Å²) in [5.41, 5.74) is 0. The highest BCUT2D eigenvalue weighted by Crippen LogP contribution is 2.25. The fourth-order valence-electron chi connectivity index (χ4n) is 2.64. The van der Waals surface area contributed by atoms with Gasteiger partial charge in [0.25, 0.3) is 0 Å². The van der Waals surface area contributed by atoms with Crippen LogP contribution < -0.4 is 5.32 Å². The molecule has 0 bridgehead atoms. The second-order valence-electron chi connectivity index (χ2n) is 5.53. The Morgan fingerprint density at radius 2 is 2.00 bits per heavy atom. The fraction of sp³-hybridized carbons (Fsp3) is 1.00. The summed E-state index contributed by atoms with van der Waals surface area (Å²) in [4.78, 5) is 5.03. The molecule has 0 amide bonds. The van der Waals surface area contributed by atoms with Gasteiger partial charge in [0.05, 0.1) is 0 Å². The van der Waals surface area contributed by atoms with Gasteiger partial charge in [-0.05, 0) is 33.0 Å². The van der Waals surface area contributed by atoms with Crippen molar-refractivity contribution in [1.29, 1.82) is 0 Å². The zero-order valence-corrected chi connectivity index (χ0v) is 12.1. The quantitative estimate of drug-likeness (QED) is 0.743. The third-order valence-electron chi connectivity index (χ3n) is 3.88. The maximum absolute atomic E-state index is 3.70. The molecule has 0 aromatic heterocycles. The van der Waals surface area contributed by atoms with Crippen LogP contribution in [-0.2, 0) is 0 Å². The van der Waals surface area contributed by atoms with Crippen molar-refractivity contribution in [3.63, 3.8) is 0 Å². The third kappa shape index (κ3) is 4.78. The van der Waals surface area contributed by atoms with E-state index in [9.17, 15) is 0 Å². The van der Waals surface area contributed by atoms with Gasteiger partial charge in [0, 0.05) is 43.2 Å². The van der Waals surface area contributed by atoms with Gasteiger partial charge in [0.15, 0.2) is 0 Å². The third-order valence-corrected chi connectivity index (χ3v) is 5.23. The number of rotatable bonds is 5. The van der Waals surface area contributed by atoms with Crippen molar-refractivity contribution in [2.45, 2.75) is 31.1 Å². The number of likely N-dealkylation sites (N-methyl/N-ethyl adjacent to an activating group) is 1. The van der Waals surface area contributed by atoms with Gasteiger partial charge in [-0.3, -0.25) is 0 Å². The summed E-state index contributed by atoms with van der Waals surface area (Å²) in [6, 6.07) is 0.780. The fourth-order valence-corrected chi connectivity index (χ4v) is 3.82. The summed E-state index contributed by atoms with van der Waals surface area (Å²) >= 11 is 2.11.